The number of benzene rings is 1. The lowest BCUT2D eigenvalue weighted by atomic mass is 9.97. The molecule has 1 unspecified atom stereocenters. The average Bonchev–Trinajstić information content (AvgIpc) is 3.37. The molecule has 1 atom stereocenters. The highest BCUT2D eigenvalue weighted by molar-refractivity contribution is 7.15. The SMILES string of the molecule is Cc1ccc(NC(=O)c2nnc(C(=O)N3CCCC(C(=O)NCCN4CCN(C)CC4)C3)s2)cc1. The Morgan fingerprint density at radius 2 is 1.74 bits per heavy atom. The molecule has 3 heterocycles. The maximum atomic E-state index is 13.0. The highest BCUT2D eigenvalue weighted by Crippen LogP contribution is 2.21. The maximum absolute atomic E-state index is 13.0. The Kier molecular flexibility index (Phi) is 8.42. The van der Waals surface area contributed by atoms with E-state index in [9.17, 15) is 14.4 Å². The van der Waals surface area contributed by atoms with Crippen molar-refractivity contribution >= 4 is 34.7 Å². The van der Waals surface area contributed by atoms with Crippen LogP contribution in [-0.4, -0.2) is 102 Å². The fraction of sp³-hybridized carbons (Fsp3) is 0.542. The normalized spacial score (nSPS) is 19.4. The van der Waals surface area contributed by atoms with Gasteiger partial charge in [-0.1, -0.05) is 29.0 Å². The number of rotatable bonds is 7. The summed E-state index contributed by atoms with van der Waals surface area (Å²) in [6, 6.07) is 7.43. The molecule has 0 saturated carbocycles. The molecule has 0 bridgehead atoms. The van der Waals surface area contributed by atoms with Gasteiger partial charge in [-0.15, -0.1) is 10.2 Å². The molecule has 2 aliphatic rings. The zero-order chi connectivity index (χ0) is 24.8. The second-order valence-electron chi connectivity index (χ2n) is 9.26. The van der Waals surface area contributed by atoms with E-state index in [1.807, 2.05) is 31.2 Å². The van der Waals surface area contributed by atoms with Crippen LogP contribution in [0.4, 0.5) is 5.69 Å². The van der Waals surface area contributed by atoms with Crippen LogP contribution in [0.1, 0.15) is 38.0 Å². The lowest BCUT2D eigenvalue weighted by Crippen LogP contribution is -2.49. The van der Waals surface area contributed by atoms with Crippen molar-refractivity contribution in [3.8, 4) is 0 Å². The van der Waals surface area contributed by atoms with Crippen LogP contribution in [0.3, 0.4) is 0 Å². The molecule has 1 aromatic heterocycles. The number of carbonyl (C=O) groups excluding carboxylic acids is 3. The number of piperidine rings is 1. The molecule has 1 aromatic carbocycles. The van der Waals surface area contributed by atoms with Gasteiger partial charge >= 0.3 is 0 Å². The fourth-order valence-electron chi connectivity index (χ4n) is 4.29. The molecule has 2 N–H and O–H groups in total. The number of aromatic nitrogens is 2. The Hall–Kier alpha value is -2.89. The van der Waals surface area contributed by atoms with Gasteiger partial charge in [-0.2, -0.15) is 0 Å². The van der Waals surface area contributed by atoms with Crippen molar-refractivity contribution < 1.29 is 14.4 Å². The highest BCUT2D eigenvalue weighted by atomic mass is 32.1. The van der Waals surface area contributed by atoms with Crippen LogP contribution in [0, 0.1) is 12.8 Å². The van der Waals surface area contributed by atoms with E-state index >= 15 is 0 Å². The summed E-state index contributed by atoms with van der Waals surface area (Å²) in [6.07, 6.45) is 1.51. The number of amides is 3. The standard InChI is InChI=1S/C24H33N7O3S/c1-17-5-7-19(8-6-17)26-21(33)22-27-28-23(35-22)24(34)31-10-3-4-18(16-31)20(32)25-9-11-30-14-12-29(2)13-15-30/h5-8,18H,3-4,9-16H2,1-2H3,(H,25,32)(H,26,33). The first kappa shape index (κ1) is 25.2. The first-order valence-electron chi connectivity index (χ1n) is 12.1. The van der Waals surface area contributed by atoms with E-state index < -0.39 is 5.91 Å². The number of anilines is 1. The first-order chi connectivity index (χ1) is 16.9. The lowest BCUT2D eigenvalue weighted by molar-refractivity contribution is -0.126. The number of nitrogens with one attached hydrogen (secondary N) is 2. The largest absolute Gasteiger partial charge is 0.355 e. The van der Waals surface area contributed by atoms with E-state index in [1.54, 1.807) is 4.90 Å². The second-order valence-corrected chi connectivity index (χ2v) is 10.2. The quantitative estimate of drug-likeness (QED) is 0.591. The predicted molar refractivity (Wildman–Crippen MR) is 135 cm³/mol. The first-order valence-corrected chi connectivity index (χ1v) is 12.9. The average molecular weight is 500 g/mol. The van der Waals surface area contributed by atoms with Crippen LogP contribution in [0.5, 0.6) is 0 Å². The number of hydrogen-bond acceptors (Lipinski definition) is 8. The molecule has 11 heteroatoms. The van der Waals surface area contributed by atoms with E-state index in [0.717, 1.165) is 62.5 Å². The van der Waals surface area contributed by atoms with Crippen LogP contribution in [0.25, 0.3) is 0 Å². The zero-order valence-electron chi connectivity index (χ0n) is 20.3. The van der Waals surface area contributed by atoms with E-state index in [0.29, 0.717) is 25.3 Å². The molecule has 2 aliphatic heterocycles. The van der Waals surface area contributed by atoms with Crippen molar-refractivity contribution in [2.45, 2.75) is 19.8 Å². The highest BCUT2D eigenvalue weighted by Gasteiger charge is 2.31. The van der Waals surface area contributed by atoms with Gasteiger partial charge in [-0.3, -0.25) is 19.3 Å². The summed E-state index contributed by atoms with van der Waals surface area (Å²) in [6.45, 7) is 8.48. The van der Waals surface area contributed by atoms with Gasteiger partial charge in [0.05, 0.1) is 5.92 Å². The number of hydrogen-bond donors (Lipinski definition) is 2. The van der Waals surface area contributed by atoms with Crippen molar-refractivity contribution in [2.75, 3.05) is 64.7 Å². The Balaban J connectivity index is 1.26. The van der Waals surface area contributed by atoms with E-state index in [4.69, 9.17) is 0 Å². The van der Waals surface area contributed by atoms with Crippen molar-refractivity contribution in [3.05, 3.63) is 39.8 Å². The number of carbonyl (C=O) groups is 3. The molecule has 2 saturated heterocycles. The van der Waals surface area contributed by atoms with Crippen LogP contribution >= 0.6 is 11.3 Å². The molecule has 188 valence electrons. The van der Waals surface area contributed by atoms with Gasteiger partial charge in [0.1, 0.15) is 0 Å². The van der Waals surface area contributed by atoms with E-state index in [1.165, 1.54) is 0 Å². The predicted octanol–water partition coefficient (Wildman–Crippen LogP) is 1.31. The van der Waals surface area contributed by atoms with E-state index in [2.05, 4.69) is 37.7 Å². The van der Waals surface area contributed by atoms with Gasteiger partial charge in [0.2, 0.25) is 15.9 Å². The summed E-state index contributed by atoms with van der Waals surface area (Å²) in [7, 11) is 2.12. The molecular weight excluding hydrogens is 466 g/mol. The maximum Gasteiger partial charge on any atom is 0.286 e. The van der Waals surface area contributed by atoms with Crippen molar-refractivity contribution in [1.82, 2.24) is 30.2 Å². The third-order valence-electron chi connectivity index (χ3n) is 6.51. The monoisotopic (exact) mass is 499 g/mol. The molecule has 0 aliphatic carbocycles. The molecule has 35 heavy (non-hydrogen) atoms. The zero-order valence-corrected chi connectivity index (χ0v) is 21.1. The Morgan fingerprint density at radius 3 is 2.49 bits per heavy atom. The fourth-order valence-corrected chi connectivity index (χ4v) is 4.99. The molecule has 0 spiro atoms. The summed E-state index contributed by atoms with van der Waals surface area (Å²) in [4.78, 5) is 44.5. The summed E-state index contributed by atoms with van der Waals surface area (Å²) in [5, 5.41) is 14.0. The van der Waals surface area contributed by atoms with Crippen LogP contribution in [0.2, 0.25) is 0 Å². The van der Waals surface area contributed by atoms with Crippen LogP contribution < -0.4 is 10.6 Å². The van der Waals surface area contributed by atoms with Crippen molar-refractivity contribution in [1.29, 1.82) is 0 Å². The number of nitrogens with zero attached hydrogens (tertiary/aromatic N) is 5. The molecule has 2 aromatic rings. The number of aryl methyl sites for hydroxylation is 1. The number of piperazine rings is 1. The topological polar surface area (TPSA) is 111 Å². The summed E-state index contributed by atoms with van der Waals surface area (Å²) < 4.78 is 0. The molecule has 10 nitrogen and oxygen atoms in total. The van der Waals surface area contributed by atoms with Gasteiger partial charge in [0.25, 0.3) is 11.8 Å². The Morgan fingerprint density at radius 1 is 1.03 bits per heavy atom. The van der Waals surface area contributed by atoms with Crippen LogP contribution in [-0.2, 0) is 4.79 Å². The van der Waals surface area contributed by atoms with Gasteiger partial charge in [-0.05, 0) is 38.9 Å². The van der Waals surface area contributed by atoms with Gasteiger partial charge < -0.3 is 20.4 Å². The van der Waals surface area contributed by atoms with Gasteiger partial charge in [-0.25, -0.2) is 0 Å². The summed E-state index contributed by atoms with van der Waals surface area (Å²) in [5.74, 6) is -0.932. The number of likely N-dealkylation sites (N-methyl/N-ethyl adjacent to an activating group) is 1. The van der Waals surface area contributed by atoms with E-state index in [-0.39, 0.29) is 27.7 Å². The molecule has 0 radical (unpaired) electrons. The second kappa shape index (κ2) is 11.7. The molecule has 4 rings (SSSR count). The lowest BCUT2D eigenvalue weighted by Gasteiger charge is -2.33. The number of likely N-dealkylation sites (tertiary alicyclic amines) is 1. The summed E-state index contributed by atoms with van der Waals surface area (Å²) in [5.41, 5.74) is 1.75. The van der Waals surface area contributed by atoms with Crippen molar-refractivity contribution in [2.24, 2.45) is 5.92 Å². The van der Waals surface area contributed by atoms with Gasteiger partial charge in [0, 0.05) is 58.0 Å². The smallest absolute Gasteiger partial charge is 0.286 e. The minimum Gasteiger partial charge on any atom is -0.355 e. The molecule has 2 fully saturated rings. The third kappa shape index (κ3) is 6.83. The summed E-state index contributed by atoms with van der Waals surface area (Å²) >= 11 is 0.970. The molecular formula is C24H33N7O3S. The molecule has 3 amide bonds. The Bertz CT molecular complexity index is 1030. The van der Waals surface area contributed by atoms with Crippen LogP contribution in [0.15, 0.2) is 24.3 Å². The van der Waals surface area contributed by atoms with Crippen molar-refractivity contribution in [3.63, 3.8) is 0 Å². The minimum atomic E-state index is -0.401. The Labute approximate surface area is 209 Å². The third-order valence-corrected chi connectivity index (χ3v) is 7.42. The minimum absolute atomic E-state index is 0.00736. The van der Waals surface area contributed by atoms with Gasteiger partial charge in [0.15, 0.2) is 0 Å².